The van der Waals surface area contributed by atoms with Crippen molar-refractivity contribution in [2.75, 3.05) is 20.8 Å². The number of carbonyl (C=O) groups is 3. The molecule has 0 bridgehead atoms. The van der Waals surface area contributed by atoms with Gasteiger partial charge in [-0.2, -0.15) is 0 Å². The van der Waals surface area contributed by atoms with E-state index in [0.717, 1.165) is 17.0 Å². The van der Waals surface area contributed by atoms with Crippen LogP contribution >= 0.6 is 0 Å². The number of carbonyl (C=O) groups excluding carboxylic acids is 3. The van der Waals surface area contributed by atoms with Crippen LogP contribution in [0.5, 0.6) is 17.2 Å². The molecule has 0 radical (unpaired) electrons. The highest BCUT2D eigenvalue weighted by atomic mass is 16.6. The Hall–Kier alpha value is -4.07. The average Bonchev–Trinajstić information content (AvgIpc) is 2.88. The molecule has 0 spiro atoms. The van der Waals surface area contributed by atoms with Crippen molar-refractivity contribution < 1.29 is 33.3 Å². The average molecular weight is 506 g/mol. The lowest BCUT2D eigenvalue weighted by Gasteiger charge is -2.36. The van der Waals surface area contributed by atoms with Gasteiger partial charge >= 0.3 is 11.9 Å². The Labute approximate surface area is 216 Å². The lowest BCUT2D eigenvalue weighted by Crippen LogP contribution is -2.36. The maximum absolute atomic E-state index is 13.7. The number of dihydropyridines is 1. The summed E-state index contributed by atoms with van der Waals surface area (Å²) in [5.41, 5.74) is 4.03. The molecule has 194 valence electrons. The summed E-state index contributed by atoms with van der Waals surface area (Å²) in [7, 11) is 2.94. The van der Waals surface area contributed by atoms with E-state index in [1.807, 2.05) is 31.2 Å². The van der Waals surface area contributed by atoms with Crippen molar-refractivity contribution in [1.82, 2.24) is 5.32 Å². The van der Waals surface area contributed by atoms with Crippen molar-refractivity contribution in [2.45, 2.75) is 45.4 Å². The Kier molecular flexibility index (Phi) is 7.66. The summed E-state index contributed by atoms with van der Waals surface area (Å²) >= 11 is 0. The molecule has 1 heterocycles. The predicted molar refractivity (Wildman–Crippen MR) is 137 cm³/mol. The van der Waals surface area contributed by atoms with E-state index in [1.165, 1.54) is 14.0 Å². The Morgan fingerprint density at radius 2 is 1.70 bits per heavy atom. The number of methoxy groups -OCH3 is 2. The molecule has 0 fully saturated rings. The Morgan fingerprint density at radius 1 is 1.00 bits per heavy atom. The van der Waals surface area contributed by atoms with Gasteiger partial charge in [0, 0.05) is 36.2 Å². The van der Waals surface area contributed by atoms with Crippen LogP contribution in [-0.2, 0) is 19.1 Å². The smallest absolute Gasteiger partial charge is 0.336 e. The maximum atomic E-state index is 13.7. The van der Waals surface area contributed by atoms with Gasteiger partial charge in [0.2, 0.25) is 0 Å². The van der Waals surface area contributed by atoms with Gasteiger partial charge in [-0.3, -0.25) is 9.59 Å². The molecule has 2 aromatic rings. The molecule has 4 rings (SSSR count). The van der Waals surface area contributed by atoms with E-state index in [-0.39, 0.29) is 17.5 Å². The fourth-order valence-electron chi connectivity index (χ4n) is 5.08. The van der Waals surface area contributed by atoms with Gasteiger partial charge in [-0.25, -0.2) is 4.79 Å². The van der Waals surface area contributed by atoms with Crippen LogP contribution in [0.2, 0.25) is 0 Å². The van der Waals surface area contributed by atoms with Crippen molar-refractivity contribution in [3.05, 3.63) is 76.1 Å². The number of hydrogen-bond donors (Lipinski definition) is 1. The molecule has 8 heteroatoms. The van der Waals surface area contributed by atoms with Gasteiger partial charge in [0.05, 0.1) is 26.4 Å². The molecule has 37 heavy (non-hydrogen) atoms. The highest BCUT2D eigenvalue weighted by Gasteiger charge is 2.41. The third-order valence-electron chi connectivity index (χ3n) is 6.67. The molecule has 1 aliphatic heterocycles. The second-order valence-corrected chi connectivity index (χ2v) is 9.01. The van der Waals surface area contributed by atoms with E-state index in [1.54, 1.807) is 32.2 Å². The molecule has 2 atom stereocenters. The number of allylic oxidation sites excluding steroid dienone is 3. The number of Topliss-reactive ketones (excluding diaryl/α,β-unsaturated/α-hetero) is 1. The number of hydrogen-bond acceptors (Lipinski definition) is 8. The van der Waals surface area contributed by atoms with Crippen molar-refractivity contribution in [2.24, 2.45) is 0 Å². The Bertz CT molecular complexity index is 1290. The third-order valence-corrected chi connectivity index (χ3v) is 6.67. The first kappa shape index (κ1) is 26.0. The zero-order chi connectivity index (χ0) is 26.7. The summed E-state index contributed by atoms with van der Waals surface area (Å²) in [6.07, 6.45) is 0.917. The quantitative estimate of drug-likeness (QED) is 0.432. The summed E-state index contributed by atoms with van der Waals surface area (Å²) in [6.45, 7) is 5.29. The number of nitrogens with one attached hydrogen (secondary N) is 1. The van der Waals surface area contributed by atoms with E-state index in [4.69, 9.17) is 18.9 Å². The third kappa shape index (κ3) is 5.23. The van der Waals surface area contributed by atoms with Crippen LogP contribution in [0.15, 0.2) is 65.0 Å². The van der Waals surface area contributed by atoms with Crippen LogP contribution in [0, 0.1) is 0 Å². The molecule has 0 amide bonds. The number of ketones is 1. The highest BCUT2D eigenvalue weighted by Crippen LogP contribution is 2.47. The fraction of sp³-hybridized carbons (Fsp3) is 0.345. The monoisotopic (exact) mass is 505 g/mol. The molecule has 0 saturated heterocycles. The standard InChI is InChI=1S/C29H31NO7/c1-6-36-25-15-19(9-12-24(25)37-17(3)31)27-26(29(33)35-5)16(2)30-22-13-20(14-23(32)28(22)27)18-7-10-21(34-4)11-8-18/h7-12,15,20,27,30H,6,13-14H2,1-5H3/t20-,27-/m1/s1. The molecule has 2 aliphatic rings. The summed E-state index contributed by atoms with van der Waals surface area (Å²) in [6, 6.07) is 12.8. The molecule has 0 unspecified atom stereocenters. The molecule has 0 aromatic heterocycles. The van der Waals surface area contributed by atoms with E-state index in [2.05, 4.69) is 5.32 Å². The minimum absolute atomic E-state index is 0.0110. The van der Waals surface area contributed by atoms with Crippen molar-refractivity contribution in [1.29, 1.82) is 0 Å². The largest absolute Gasteiger partial charge is 0.497 e. The molecule has 8 nitrogen and oxygen atoms in total. The number of rotatable bonds is 7. The molecular weight excluding hydrogens is 474 g/mol. The normalized spacial score (nSPS) is 19.1. The fourth-order valence-corrected chi connectivity index (χ4v) is 5.08. The number of ether oxygens (including phenoxy) is 4. The topological polar surface area (TPSA) is 100 Å². The second-order valence-electron chi connectivity index (χ2n) is 9.01. The van der Waals surface area contributed by atoms with Crippen LogP contribution in [0.25, 0.3) is 0 Å². The predicted octanol–water partition coefficient (Wildman–Crippen LogP) is 4.55. The lowest BCUT2D eigenvalue weighted by molar-refractivity contribution is -0.136. The van der Waals surface area contributed by atoms with Gasteiger partial charge in [-0.15, -0.1) is 0 Å². The summed E-state index contributed by atoms with van der Waals surface area (Å²) < 4.78 is 21.4. The Balaban J connectivity index is 1.80. The van der Waals surface area contributed by atoms with Gasteiger partial charge in [-0.05, 0) is 61.6 Å². The van der Waals surface area contributed by atoms with Gasteiger partial charge in [0.15, 0.2) is 17.3 Å². The van der Waals surface area contributed by atoms with Crippen molar-refractivity contribution in [3.63, 3.8) is 0 Å². The first-order valence-corrected chi connectivity index (χ1v) is 12.2. The van der Waals surface area contributed by atoms with Crippen LogP contribution < -0.4 is 19.5 Å². The first-order valence-electron chi connectivity index (χ1n) is 12.2. The zero-order valence-corrected chi connectivity index (χ0v) is 21.7. The van der Waals surface area contributed by atoms with Gasteiger partial charge in [0.1, 0.15) is 5.75 Å². The number of esters is 2. The van der Waals surface area contributed by atoms with Crippen molar-refractivity contribution >= 4 is 17.7 Å². The minimum atomic E-state index is -0.654. The second kappa shape index (κ2) is 10.9. The first-order chi connectivity index (χ1) is 17.8. The molecule has 1 N–H and O–H groups in total. The SMILES string of the molecule is CCOc1cc([C@@H]2C(C(=O)OC)=C(C)NC3=C2C(=O)C[C@H](c2ccc(OC)cc2)C3)ccc1OC(C)=O. The Morgan fingerprint density at radius 3 is 2.32 bits per heavy atom. The minimum Gasteiger partial charge on any atom is -0.497 e. The van der Waals surface area contributed by atoms with E-state index in [9.17, 15) is 14.4 Å². The summed E-state index contributed by atoms with van der Waals surface area (Å²) in [5.74, 6) is -0.317. The van der Waals surface area contributed by atoms with Crippen LogP contribution in [0.4, 0.5) is 0 Å². The lowest BCUT2D eigenvalue weighted by atomic mass is 9.71. The van der Waals surface area contributed by atoms with Crippen LogP contribution in [-0.4, -0.2) is 38.5 Å². The van der Waals surface area contributed by atoms with E-state index >= 15 is 0 Å². The van der Waals surface area contributed by atoms with Gasteiger partial charge < -0.3 is 24.3 Å². The molecule has 0 saturated carbocycles. The summed E-state index contributed by atoms with van der Waals surface area (Å²) in [5, 5.41) is 3.33. The maximum Gasteiger partial charge on any atom is 0.336 e. The van der Waals surface area contributed by atoms with Gasteiger partial charge in [0.25, 0.3) is 0 Å². The highest BCUT2D eigenvalue weighted by molar-refractivity contribution is 6.04. The van der Waals surface area contributed by atoms with Crippen LogP contribution in [0.1, 0.15) is 56.6 Å². The zero-order valence-electron chi connectivity index (χ0n) is 21.7. The van der Waals surface area contributed by atoms with Gasteiger partial charge in [-0.1, -0.05) is 18.2 Å². The molecule has 2 aromatic carbocycles. The van der Waals surface area contributed by atoms with E-state index in [0.29, 0.717) is 47.6 Å². The summed E-state index contributed by atoms with van der Waals surface area (Å²) in [4.78, 5) is 38.2. The van der Waals surface area contributed by atoms with E-state index < -0.39 is 17.9 Å². The van der Waals surface area contributed by atoms with Crippen molar-refractivity contribution in [3.8, 4) is 17.2 Å². The molecule has 1 aliphatic carbocycles. The van der Waals surface area contributed by atoms with Crippen LogP contribution in [0.3, 0.4) is 0 Å². The molecular formula is C29H31NO7. The number of benzene rings is 2.